The van der Waals surface area contributed by atoms with E-state index in [9.17, 15) is 0 Å². The Labute approximate surface area is 103 Å². The predicted octanol–water partition coefficient (Wildman–Crippen LogP) is 4.81. The van der Waals surface area contributed by atoms with E-state index in [4.69, 9.17) is 46.4 Å². The SMILES string of the molecule is Cl/C=C/CNc1cc(Cl)c(Cl)cc1Cl. The molecule has 1 N–H and O–H groups in total. The Morgan fingerprint density at radius 2 is 1.71 bits per heavy atom. The van der Waals surface area contributed by atoms with Crippen LogP contribution in [-0.4, -0.2) is 6.54 Å². The maximum absolute atomic E-state index is 5.92. The quantitative estimate of drug-likeness (QED) is 0.777. The van der Waals surface area contributed by atoms with Crippen LogP contribution in [-0.2, 0) is 0 Å². The first kappa shape index (κ1) is 12.0. The zero-order chi connectivity index (χ0) is 10.6. The van der Waals surface area contributed by atoms with Crippen LogP contribution in [0.1, 0.15) is 0 Å². The highest BCUT2D eigenvalue weighted by Crippen LogP contribution is 2.31. The summed E-state index contributed by atoms with van der Waals surface area (Å²) >= 11 is 22.9. The fourth-order valence-corrected chi connectivity index (χ4v) is 1.57. The van der Waals surface area contributed by atoms with Crippen molar-refractivity contribution in [2.24, 2.45) is 0 Å². The van der Waals surface area contributed by atoms with Crippen LogP contribution in [0.15, 0.2) is 23.7 Å². The van der Waals surface area contributed by atoms with E-state index in [0.29, 0.717) is 21.6 Å². The maximum Gasteiger partial charge on any atom is 0.0653 e. The molecule has 1 aromatic rings. The van der Waals surface area contributed by atoms with Gasteiger partial charge in [-0.1, -0.05) is 52.5 Å². The highest BCUT2D eigenvalue weighted by molar-refractivity contribution is 6.44. The van der Waals surface area contributed by atoms with Gasteiger partial charge in [-0.15, -0.1) is 0 Å². The van der Waals surface area contributed by atoms with Crippen LogP contribution >= 0.6 is 46.4 Å². The minimum absolute atomic E-state index is 0.440. The van der Waals surface area contributed by atoms with Crippen LogP contribution in [0.4, 0.5) is 5.69 Å². The molecule has 14 heavy (non-hydrogen) atoms. The minimum Gasteiger partial charge on any atom is -0.380 e. The summed E-state index contributed by atoms with van der Waals surface area (Å²) in [7, 11) is 0. The Morgan fingerprint density at radius 1 is 1.07 bits per heavy atom. The summed E-state index contributed by atoms with van der Waals surface area (Å²) in [4.78, 5) is 0. The Balaban J connectivity index is 2.81. The fourth-order valence-electron chi connectivity index (χ4n) is 0.871. The van der Waals surface area contributed by atoms with Gasteiger partial charge in [0.15, 0.2) is 0 Å². The third kappa shape index (κ3) is 3.25. The third-order valence-corrected chi connectivity index (χ3v) is 2.72. The summed E-state index contributed by atoms with van der Waals surface area (Å²) in [5.41, 5.74) is 2.16. The van der Waals surface area contributed by atoms with E-state index in [1.807, 2.05) is 0 Å². The van der Waals surface area contributed by atoms with E-state index in [1.165, 1.54) is 5.54 Å². The van der Waals surface area contributed by atoms with Gasteiger partial charge < -0.3 is 5.32 Å². The largest absolute Gasteiger partial charge is 0.380 e. The average Bonchev–Trinajstić information content (AvgIpc) is 2.14. The first-order valence-corrected chi connectivity index (χ1v) is 5.36. The Bertz CT molecular complexity index is 349. The van der Waals surface area contributed by atoms with Gasteiger partial charge in [0.25, 0.3) is 0 Å². The van der Waals surface area contributed by atoms with Crippen LogP contribution in [0.5, 0.6) is 0 Å². The van der Waals surface area contributed by atoms with Gasteiger partial charge in [0.05, 0.1) is 20.8 Å². The van der Waals surface area contributed by atoms with E-state index in [0.717, 1.165) is 5.69 Å². The average molecular weight is 271 g/mol. The van der Waals surface area contributed by atoms with Crippen molar-refractivity contribution < 1.29 is 0 Å². The molecule has 0 saturated heterocycles. The van der Waals surface area contributed by atoms with Crippen molar-refractivity contribution >= 4 is 52.1 Å². The van der Waals surface area contributed by atoms with Crippen LogP contribution in [0.3, 0.4) is 0 Å². The van der Waals surface area contributed by atoms with E-state index >= 15 is 0 Å². The lowest BCUT2D eigenvalue weighted by Gasteiger charge is -2.07. The molecule has 76 valence electrons. The molecule has 1 rings (SSSR count). The molecule has 0 fully saturated rings. The number of rotatable bonds is 3. The molecule has 0 aromatic heterocycles. The smallest absolute Gasteiger partial charge is 0.0653 e. The molecule has 0 amide bonds. The van der Waals surface area contributed by atoms with Gasteiger partial charge in [0.2, 0.25) is 0 Å². The van der Waals surface area contributed by atoms with Crippen LogP contribution in [0, 0.1) is 0 Å². The van der Waals surface area contributed by atoms with Gasteiger partial charge in [0, 0.05) is 12.1 Å². The van der Waals surface area contributed by atoms with Crippen LogP contribution in [0.25, 0.3) is 0 Å². The monoisotopic (exact) mass is 269 g/mol. The third-order valence-electron chi connectivity index (χ3n) is 1.51. The second-order valence-electron chi connectivity index (χ2n) is 2.49. The normalized spacial score (nSPS) is 10.9. The molecule has 0 aliphatic carbocycles. The van der Waals surface area contributed by atoms with Gasteiger partial charge in [0.1, 0.15) is 0 Å². The summed E-state index contributed by atoms with van der Waals surface area (Å²) in [5, 5.41) is 4.47. The minimum atomic E-state index is 0.440. The Hall–Kier alpha value is -0.0800. The van der Waals surface area contributed by atoms with Crippen molar-refractivity contribution in [1.29, 1.82) is 0 Å². The fraction of sp³-hybridized carbons (Fsp3) is 0.111. The molecule has 5 heteroatoms. The highest BCUT2D eigenvalue weighted by Gasteiger charge is 2.04. The van der Waals surface area contributed by atoms with Gasteiger partial charge in [-0.2, -0.15) is 0 Å². The predicted molar refractivity (Wildman–Crippen MR) is 65.0 cm³/mol. The molecule has 0 bridgehead atoms. The first-order chi connectivity index (χ1) is 6.65. The van der Waals surface area contributed by atoms with Gasteiger partial charge in [-0.05, 0) is 12.1 Å². The molecular formula is C9H7Cl4N. The van der Waals surface area contributed by atoms with Crippen molar-refractivity contribution in [3.8, 4) is 0 Å². The summed E-state index contributed by atoms with van der Waals surface area (Å²) < 4.78 is 0. The van der Waals surface area contributed by atoms with Crippen LogP contribution in [0.2, 0.25) is 15.1 Å². The molecule has 1 aromatic carbocycles. The number of hydrogen-bond acceptors (Lipinski definition) is 1. The van der Waals surface area contributed by atoms with E-state index in [2.05, 4.69) is 5.32 Å². The molecule has 0 radical (unpaired) electrons. The van der Waals surface area contributed by atoms with Gasteiger partial charge >= 0.3 is 0 Å². The number of anilines is 1. The second-order valence-corrected chi connectivity index (χ2v) is 3.96. The summed E-state index contributed by atoms with van der Waals surface area (Å²) in [6, 6.07) is 3.27. The Morgan fingerprint density at radius 3 is 2.36 bits per heavy atom. The maximum atomic E-state index is 5.92. The molecule has 0 spiro atoms. The van der Waals surface area contributed by atoms with Crippen LogP contribution < -0.4 is 5.32 Å². The van der Waals surface area contributed by atoms with Crippen molar-refractivity contribution in [3.63, 3.8) is 0 Å². The van der Waals surface area contributed by atoms with Gasteiger partial charge in [-0.3, -0.25) is 0 Å². The zero-order valence-electron chi connectivity index (χ0n) is 7.03. The topological polar surface area (TPSA) is 12.0 Å². The lowest BCUT2D eigenvalue weighted by Crippen LogP contribution is -1.98. The molecule has 0 heterocycles. The molecular weight excluding hydrogens is 264 g/mol. The Kier molecular flexibility index (Phi) is 4.90. The molecule has 0 unspecified atom stereocenters. The lowest BCUT2D eigenvalue weighted by molar-refractivity contribution is 1.34. The van der Waals surface area contributed by atoms with Crippen molar-refractivity contribution in [2.45, 2.75) is 0 Å². The second kappa shape index (κ2) is 5.72. The lowest BCUT2D eigenvalue weighted by atomic mass is 10.3. The summed E-state index contributed by atoms with van der Waals surface area (Å²) in [6.07, 6.45) is 1.75. The van der Waals surface area contributed by atoms with E-state index in [-0.39, 0.29) is 0 Å². The van der Waals surface area contributed by atoms with E-state index in [1.54, 1.807) is 18.2 Å². The zero-order valence-corrected chi connectivity index (χ0v) is 10.1. The molecule has 0 aliphatic heterocycles. The van der Waals surface area contributed by atoms with Crippen molar-refractivity contribution in [1.82, 2.24) is 0 Å². The molecule has 0 atom stereocenters. The number of hydrogen-bond donors (Lipinski definition) is 1. The number of nitrogens with one attached hydrogen (secondary N) is 1. The molecule has 0 saturated carbocycles. The molecule has 0 aliphatic rings. The molecule has 1 nitrogen and oxygen atoms in total. The van der Waals surface area contributed by atoms with E-state index < -0.39 is 0 Å². The summed E-state index contributed by atoms with van der Waals surface area (Å²) in [5.74, 6) is 0. The first-order valence-electron chi connectivity index (χ1n) is 3.79. The highest BCUT2D eigenvalue weighted by atomic mass is 35.5. The summed E-state index contributed by atoms with van der Waals surface area (Å²) in [6.45, 7) is 0.585. The number of halogens is 4. The van der Waals surface area contributed by atoms with Gasteiger partial charge in [-0.25, -0.2) is 0 Å². The standard InChI is InChI=1S/C9H7Cl4N/c10-2-1-3-14-9-5-7(12)6(11)4-8(9)13/h1-2,4-5,14H,3H2/b2-1+. The van der Waals surface area contributed by atoms with Crippen molar-refractivity contribution in [3.05, 3.63) is 38.8 Å². The number of benzene rings is 1. The van der Waals surface area contributed by atoms with Crippen molar-refractivity contribution in [2.75, 3.05) is 11.9 Å².